The second kappa shape index (κ2) is 6.34. The molecule has 2 N–H and O–H groups in total. The first-order valence-electron chi connectivity index (χ1n) is 8.21. The molecule has 2 heterocycles. The van der Waals surface area contributed by atoms with Crippen LogP contribution in [0.25, 0.3) is 22.6 Å². The van der Waals surface area contributed by atoms with E-state index in [0.29, 0.717) is 16.8 Å². The number of hydrogen-bond donors (Lipinski definition) is 2. The number of aromatic nitrogens is 1. The molecule has 0 atom stereocenters. The molecule has 2 aromatic carbocycles. The molecular formula is C19H17N3O4S. The third-order valence-corrected chi connectivity index (χ3v) is 5.49. The Morgan fingerprint density at radius 2 is 1.85 bits per heavy atom. The van der Waals surface area contributed by atoms with Crippen molar-refractivity contribution >= 4 is 44.3 Å². The number of para-hydroxylation sites is 1. The van der Waals surface area contributed by atoms with Gasteiger partial charge in [0.25, 0.3) is 5.91 Å². The molecule has 0 spiro atoms. The lowest BCUT2D eigenvalue weighted by Gasteiger charge is -2.11. The van der Waals surface area contributed by atoms with Gasteiger partial charge in [-0.05, 0) is 41.8 Å². The van der Waals surface area contributed by atoms with Gasteiger partial charge in [0, 0.05) is 36.6 Å². The first-order valence-corrected chi connectivity index (χ1v) is 9.61. The van der Waals surface area contributed by atoms with E-state index in [1.807, 2.05) is 30.3 Å². The number of carbonyl (C=O) groups is 1. The minimum atomic E-state index is -3.96. The molecule has 0 bridgehead atoms. The number of amides is 1. The topological polar surface area (TPSA) is 91.5 Å². The third kappa shape index (κ3) is 3.25. The summed E-state index contributed by atoms with van der Waals surface area (Å²) in [5.41, 5.74) is 3.18. The fourth-order valence-electron chi connectivity index (χ4n) is 3.03. The van der Waals surface area contributed by atoms with Gasteiger partial charge in [-0.25, -0.2) is 0 Å². The lowest BCUT2D eigenvalue weighted by atomic mass is 10.1. The summed E-state index contributed by atoms with van der Waals surface area (Å²) in [6.07, 6.45) is 1.71. The van der Waals surface area contributed by atoms with Gasteiger partial charge in [0.05, 0.1) is 10.5 Å². The van der Waals surface area contributed by atoms with Crippen molar-refractivity contribution in [2.24, 2.45) is 0 Å². The monoisotopic (exact) mass is 383 g/mol. The zero-order valence-electron chi connectivity index (χ0n) is 14.7. The molecule has 0 fully saturated rings. The molecule has 3 aromatic rings. The standard InChI is InChI=1S/C19H17N3O4S/c1-22(2)26-27(24,25)14-7-8-18-15(11-14)16(19(23)21-18)10-13-9-12-5-3-4-6-17(12)20-13/h3-11,20H,1-2H3,(H,21,23). The number of nitrogens with one attached hydrogen (secondary N) is 2. The lowest BCUT2D eigenvalue weighted by Crippen LogP contribution is -2.19. The Balaban J connectivity index is 1.79. The molecule has 1 aliphatic heterocycles. The SMILES string of the molecule is CN(C)OS(=O)(=O)c1ccc2c(c1)C(=Cc1cc3ccccc3[nH]1)C(=O)N2. The Labute approximate surface area is 156 Å². The van der Waals surface area contributed by atoms with E-state index < -0.39 is 10.1 Å². The zero-order valence-corrected chi connectivity index (χ0v) is 15.5. The summed E-state index contributed by atoms with van der Waals surface area (Å²) in [4.78, 5) is 15.6. The first kappa shape index (κ1) is 17.5. The van der Waals surface area contributed by atoms with E-state index in [1.165, 1.54) is 26.2 Å². The van der Waals surface area contributed by atoms with Gasteiger partial charge in [0.1, 0.15) is 0 Å². The van der Waals surface area contributed by atoms with Gasteiger partial charge >= 0.3 is 10.1 Å². The van der Waals surface area contributed by atoms with Crippen LogP contribution in [-0.4, -0.2) is 38.5 Å². The van der Waals surface area contributed by atoms with Crippen molar-refractivity contribution in [3.8, 4) is 0 Å². The second-order valence-corrected chi connectivity index (χ2v) is 7.90. The van der Waals surface area contributed by atoms with E-state index in [4.69, 9.17) is 4.28 Å². The summed E-state index contributed by atoms with van der Waals surface area (Å²) >= 11 is 0. The number of hydrogen-bond acceptors (Lipinski definition) is 5. The average molecular weight is 383 g/mol. The molecule has 0 radical (unpaired) electrons. The van der Waals surface area contributed by atoms with Crippen LogP contribution >= 0.6 is 0 Å². The molecule has 4 rings (SSSR count). The summed E-state index contributed by atoms with van der Waals surface area (Å²) in [5, 5.41) is 4.88. The number of fused-ring (bicyclic) bond motifs is 2. The number of nitrogens with zero attached hydrogens (tertiary/aromatic N) is 1. The highest BCUT2D eigenvalue weighted by Gasteiger charge is 2.27. The number of H-pyrrole nitrogens is 1. The van der Waals surface area contributed by atoms with Gasteiger partial charge in [-0.3, -0.25) is 4.79 Å². The summed E-state index contributed by atoms with van der Waals surface area (Å²) in [7, 11) is -0.997. The van der Waals surface area contributed by atoms with Gasteiger partial charge in [-0.2, -0.15) is 17.8 Å². The number of carbonyl (C=O) groups excluding carboxylic acids is 1. The summed E-state index contributed by atoms with van der Waals surface area (Å²) in [6.45, 7) is 0. The molecule has 8 heteroatoms. The van der Waals surface area contributed by atoms with Crippen LogP contribution in [0.4, 0.5) is 5.69 Å². The van der Waals surface area contributed by atoms with Crippen molar-refractivity contribution in [3.05, 3.63) is 59.8 Å². The molecule has 1 amide bonds. The van der Waals surface area contributed by atoms with Crippen LogP contribution in [-0.2, 0) is 19.2 Å². The van der Waals surface area contributed by atoms with Gasteiger partial charge in [0.2, 0.25) is 0 Å². The normalized spacial score (nSPS) is 15.5. The second-order valence-electron chi connectivity index (χ2n) is 6.37. The van der Waals surface area contributed by atoms with Gasteiger partial charge in [-0.1, -0.05) is 18.2 Å². The molecule has 0 saturated heterocycles. The van der Waals surface area contributed by atoms with Crippen LogP contribution in [0, 0.1) is 0 Å². The maximum absolute atomic E-state index is 12.4. The molecule has 138 valence electrons. The fraction of sp³-hybridized carbons (Fsp3) is 0.105. The quantitative estimate of drug-likeness (QED) is 0.534. The van der Waals surface area contributed by atoms with E-state index >= 15 is 0 Å². The highest BCUT2D eigenvalue weighted by Crippen LogP contribution is 2.35. The van der Waals surface area contributed by atoms with Gasteiger partial charge in [-0.15, -0.1) is 0 Å². The van der Waals surface area contributed by atoms with Crippen LogP contribution < -0.4 is 5.32 Å². The number of anilines is 1. The molecule has 27 heavy (non-hydrogen) atoms. The third-order valence-electron chi connectivity index (χ3n) is 4.16. The van der Waals surface area contributed by atoms with Crippen LogP contribution in [0.1, 0.15) is 11.3 Å². The zero-order chi connectivity index (χ0) is 19.2. The Kier molecular flexibility index (Phi) is 4.11. The van der Waals surface area contributed by atoms with E-state index in [1.54, 1.807) is 12.1 Å². The fourth-order valence-corrected chi connectivity index (χ4v) is 4.01. The Morgan fingerprint density at radius 3 is 2.59 bits per heavy atom. The summed E-state index contributed by atoms with van der Waals surface area (Å²) < 4.78 is 29.5. The smallest absolute Gasteiger partial charge is 0.313 e. The highest BCUT2D eigenvalue weighted by molar-refractivity contribution is 7.86. The molecule has 0 unspecified atom stereocenters. The van der Waals surface area contributed by atoms with Crippen LogP contribution in [0.2, 0.25) is 0 Å². The van der Waals surface area contributed by atoms with Crippen molar-refractivity contribution in [2.75, 3.05) is 19.4 Å². The Bertz CT molecular complexity index is 1160. The largest absolute Gasteiger partial charge is 0.355 e. The van der Waals surface area contributed by atoms with E-state index in [2.05, 4.69) is 10.3 Å². The Hall–Kier alpha value is -2.94. The van der Waals surface area contributed by atoms with Crippen molar-refractivity contribution in [1.29, 1.82) is 0 Å². The number of rotatable bonds is 4. The first-order chi connectivity index (χ1) is 12.8. The van der Waals surface area contributed by atoms with Gasteiger partial charge in [0.15, 0.2) is 0 Å². The molecule has 1 aliphatic rings. The molecule has 7 nitrogen and oxygen atoms in total. The number of aromatic amines is 1. The molecular weight excluding hydrogens is 366 g/mol. The lowest BCUT2D eigenvalue weighted by molar-refractivity contribution is -0.110. The van der Waals surface area contributed by atoms with E-state index in [-0.39, 0.29) is 10.8 Å². The Morgan fingerprint density at radius 1 is 1.07 bits per heavy atom. The van der Waals surface area contributed by atoms with Crippen molar-refractivity contribution in [2.45, 2.75) is 4.90 Å². The van der Waals surface area contributed by atoms with Crippen LogP contribution in [0.5, 0.6) is 0 Å². The number of hydroxylamine groups is 2. The molecule has 0 aliphatic carbocycles. The van der Waals surface area contributed by atoms with Gasteiger partial charge < -0.3 is 10.3 Å². The molecule has 1 aromatic heterocycles. The minimum Gasteiger partial charge on any atom is -0.355 e. The predicted octanol–water partition coefficient (Wildman–Crippen LogP) is 2.84. The maximum Gasteiger partial charge on any atom is 0.313 e. The maximum atomic E-state index is 12.4. The van der Waals surface area contributed by atoms with Crippen LogP contribution in [0.3, 0.4) is 0 Å². The minimum absolute atomic E-state index is 0.0194. The predicted molar refractivity (Wildman–Crippen MR) is 103 cm³/mol. The van der Waals surface area contributed by atoms with Crippen LogP contribution in [0.15, 0.2) is 53.4 Å². The van der Waals surface area contributed by atoms with E-state index in [0.717, 1.165) is 21.7 Å². The van der Waals surface area contributed by atoms with E-state index in [9.17, 15) is 13.2 Å². The average Bonchev–Trinajstić information content (AvgIpc) is 3.14. The van der Waals surface area contributed by atoms with Crippen molar-refractivity contribution in [3.63, 3.8) is 0 Å². The number of benzene rings is 2. The summed E-state index contributed by atoms with van der Waals surface area (Å²) in [5.74, 6) is -0.285. The van der Waals surface area contributed by atoms with Crippen molar-refractivity contribution < 1.29 is 17.5 Å². The van der Waals surface area contributed by atoms with Crippen molar-refractivity contribution in [1.82, 2.24) is 10.0 Å². The highest BCUT2D eigenvalue weighted by atomic mass is 32.2. The summed E-state index contributed by atoms with van der Waals surface area (Å²) in [6, 6.07) is 14.1. The molecule has 0 saturated carbocycles.